The molecule has 232 valence electrons. The van der Waals surface area contributed by atoms with Crippen LogP contribution in [-0.4, -0.2) is 55.0 Å². The lowest BCUT2D eigenvalue weighted by Crippen LogP contribution is -2.38. The van der Waals surface area contributed by atoms with E-state index in [1.165, 1.54) is 11.1 Å². The van der Waals surface area contributed by atoms with Gasteiger partial charge < -0.3 is 25.0 Å². The molecule has 2 aromatic heterocycles. The quantitative estimate of drug-likeness (QED) is 0.159. The van der Waals surface area contributed by atoms with Gasteiger partial charge in [-0.2, -0.15) is 0 Å². The molecule has 9 heteroatoms. The van der Waals surface area contributed by atoms with Gasteiger partial charge in [-0.15, -0.1) is 0 Å². The van der Waals surface area contributed by atoms with E-state index < -0.39 is 17.8 Å². The summed E-state index contributed by atoms with van der Waals surface area (Å²) in [7, 11) is 0. The number of carbonyl (C=O) groups excluding carboxylic acids is 1. The summed E-state index contributed by atoms with van der Waals surface area (Å²) in [6.07, 6.45) is 8.37. The Morgan fingerprint density at radius 3 is 2.32 bits per heavy atom. The SMILES string of the molecule is CC[C@@H](CCCc1nc(NCC(c2ccccc2)c2ccccc2)c2ncn([C@H]3C=C[C@@H](O)C3)c2n1)NC(=O)OC(C)(C)C. The molecule has 4 aromatic rings. The summed E-state index contributed by atoms with van der Waals surface area (Å²) >= 11 is 0. The average molecular weight is 597 g/mol. The summed E-state index contributed by atoms with van der Waals surface area (Å²) < 4.78 is 7.48. The van der Waals surface area contributed by atoms with E-state index in [2.05, 4.69) is 66.1 Å². The first-order valence-corrected chi connectivity index (χ1v) is 15.6. The molecule has 1 amide bonds. The maximum absolute atomic E-state index is 12.3. The van der Waals surface area contributed by atoms with Crippen LogP contribution in [-0.2, 0) is 11.2 Å². The highest BCUT2D eigenvalue weighted by Crippen LogP contribution is 2.30. The molecule has 9 nitrogen and oxygen atoms in total. The molecule has 0 saturated heterocycles. The van der Waals surface area contributed by atoms with Crippen LogP contribution in [0.5, 0.6) is 0 Å². The van der Waals surface area contributed by atoms with Crippen LogP contribution < -0.4 is 10.6 Å². The van der Waals surface area contributed by atoms with Crippen LogP contribution in [0, 0.1) is 0 Å². The predicted octanol–water partition coefficient (Wildman–Crippen LogP) is 6.56. The number of hydrogen-bond donors (Lipinski definition) is 3. The molecule has 0 fully saturated rings. The Hall–Kier alpha value is -4.24. The maximum Gasteiger partial charge on any atom is 0.407 e. The van der Waals surface area contributed by atoms with Gasteiger partial charge in [-0.05, 0) is 51.2 Å². The van der Waals surface area contributed by atoms with Gasteiger partial charge in [0.2, 0.25) is 0 Å². The molecule has 3 atom stereocenters. The summed E-state index contributed by atoms with van der Waals surface area (Å²) in [5.74, 6) is 1.53. The van der Waals surface area contributed by atoms with Gasteiger partial charge in [-0.3, -0.25) is 0 Å². The number of nitrogens with zero attached hydrogens (tertiary/aromatic N) is 4. The Morgan fingerprint density at radius 2 is 1.73 bits per heavy atom. The van der Waals surface area contributed by atoms with Crippen molar-refractivity contribution >= 4 is 23.1 Å². The van der Waals surface area contributed by atoms with Gasteiger partial charge in [0, 0.05) is 31.3 Å². The van der Waals surface area contributed by atoms with E-state index in [0.717, 1.165) is 24.9 Å². The molecule has 2 heterocycles. The second kappa shape index (κ2) is 14.0. The maximum atomic E-state index is 12.3. The topological polar surface area (TPSA) is 114 Å². The highest BCUT2D eigenvalue weighted by atomic mass is 16.6. The first kappa shape index (κ1) is 31.2. The third-order valence-corrected chi connectivity index (χ3v) is 7.91. The van der Waals surface area contributed by atoms with Crippen LogP contribution in [0.4, 0.5) is 10.6 Å². The molecule has 0 bridgehead atoms. The first-order valence-electron chi connectivity index (χ1n) is 15.6. The van der Waals surface area contributed by atoms with Gasteiger partial charge in [0.05, 0.1) is 18.5 Å². The van der Waals surface area contributed by atoms with Crippen molar-refractivity contribution < 1.29 is 14.6 Å². The number of allylic oxidation sites excluding steroid dienone is 1. The Morgan fingerprint density at radius 1 is 1.05 bits per heavy atom. The predicted molar refractivity (Wildman–Crippen MR) is 174 cm³/mol. The molecule has 5 rings (SSSR count). The van der Waals surface area contributed by atoms with Crippen LogP contribution in [0.2, 0.25) is 0 Å². The zero-order valence-electron chi connectivity index (χ0n) is 26.1. The number of aliphatic hydroxyl groups excluding tert-OH is 1. The van der Waals surface area contributed by atoms with E-state index in [4.69, 9.17) is 19.7 Å². The molecular weight excluding hydrogens is 552 g/mol. The number of imidazole rings is 1. The number of hydrogen-bond acceptors (Lipinski definition) is 7. The fourth-order valence-corrected chi connectivity index (χ4v) is 5.66. The number of carbonyl (C=O) groups is 1. The van der Waals surface area contributed by atoms with Gasteiger partial charge in [-0.25, -0.2) is 19.7 Å². The van der Waals surface area contributed by atoms with Crippen molar-refractivity contribution in [3.63, 3.8) is 0 Å². The number of anilines is 1. The molecule has 3 N–H and O–H groups in total. The lowest BCUT2D eigenvalue weighted by Gasteiger charge is -2.23. The second-order valence-corrected chi connectivity index (χ2v) is 12.5. The lowest BCUT2D eigenvalue weighted by atomic mass is 9.91. The zero-order chi connectivity index (χ0) is 31.1. The Bertz CT molecular complexity index is 1510. The van der Waals surface area contributed by atoms with Gasteiger partial charge in [-0.1, -0.05) is 79.7 Å². The first-order chi connectivity index (χ1) is 21.2. The monoisotopic (exact) mass is 596 g/mol. The Balaban J connectivity index is 1.38. The summed E-state index contributed by atoms with van der Waals surface area (Å²) in [6, 6.07) is 20.9. The molecule has 1 aliphatic rings. The minimum Gasteiger partial charge on any atom is -0.444 e. The molecule has 44 heavy (non-hydrogen) atoms. The van der Waals surface area contributed by atoms with E-state index >= 15 is 0 Å². The molecule has 2 aromatic carbocycles. The smallest absolute Gasteiger partial charge is 0.407 e. The van der Waals surface area contributed by atoms with E-state index in [0.29, 0.717) is 36.5 Å². The van der Waals surface area contributed by atoms with Crippen LogP contribution >= 0.6 is 0 Å². The van der Waals surface area contributed by atoms with Gasteiger partial charge in [0.1, 0.15) is 16.9 Å². The number of benzene rings is 2. The highest BCUT2D eigenvalue weighted by molar-refractivity contribution is 5.83. The molecular formula is C35H44N6O3. The Kier molecular flexibility index (Phi) is 9.95. The standard InChI is InChI=1S/C35H44N6O3/c1-5-26(38-34(43)44-35(2,3)4)17-12-18-30-39-32(31-33(40-30)41(23-37-31)27-19-20-28(42)21-27)36-22-29(24-13-8-6-9-14-24)25-15-10-7-11-16-25/h6-11,13-16,19-20,23,26-29,42H,5,12,17-18,21-22H2,1-4H3,(H,38,43)(H,36,39,40)/t26-,27-,28+/m0/s1. The van der Waals surface area contributed by atoms with Crippen molar-refractivity contribution in [2.24, 2.45) is 0 Å². The van der Waals surface area contributed by atoms with E-state index in [1.54, 1.807) is 6.33 Å². The lowest BCUT2D eigenvalue weighted by molar-refractivity contribution is 0.0500. The number of ether oxygens (including phenoxy) is 1. The molecule has 0 unspecified atom stereocenters. The van der Waals surface area contributed by atoms with Crippen molar-refractivity contribution in [2.45, 2.75) is 89.5 Å². The summed E-state index contributed by atoms with van der Waals surface area (Å²) in [4.78, 5) is 27.0. The van der Waals surface area contributed by atoms with Crippen LogP contribution in [0.3, 0.4) is 0 Å². The molecule has 1 aliphatic carbocycles. The molecule has 0 aliphatic heterocycles. The van der Waals surface area contributed by atoms with Crippen LogP contribution in [0.15, 0.2) is 79.1 Å². The van der Waals surface area contributed by atoms with E-state index in [9.17, 15) is 9.90 Å². The minimum atomic E-state index is -0.539. The third-order valence-electron chi connectivity index (χ3n) is 7.91. The highest BCUT2D eigenvalue weighted by Gasteiger charge is 2.24. The van der Waals surface area contributed by atoms with Gasteiger partial charge in [0.15, 0.2) is 11.5 Å². The number of aliphatic hydroxyl groups is 1. The normalized spacial score (nSPS) is 17.2. The zero-order valence-corrected chi connectivity index (χ0v) is 26.1. The van der Waals surface area contributed by atoms with Crippen LogP contribution in [0.25, 0.3) is 11.2 Å². The summed E-state index contributed by atoms with van der Waals surface area (Å²) in [6.45, 7) is 8.28. The molecule has 0 saturated carbocycles. The number of alkyl carbamates (subject to hydrolysis) is 1. The fraction of sp³-hybridized carbons (Fsp3) is 0.429. The number of aryl methyl sites for hydroxylation is 1. The number of nitrogens with one attached hydrogen (secondary N) is 2. The Labute approximate surface area is 259 Å². The summed E-state index contributed by atoms with van der Waals surface area (Å²) in [5.41, 5.74) is 3.35. The van der Waals surface area contributed by atoms with Crippen molar-refractivity contribution in [2.75, 3.05) is 11.9 Å². The van der Waals surface area contributed by atoms with Gasteiger partial charge in [0.25, 0.3) is 0 Å². The number of rotatable bonds is 12. The number of aromatic nitrogens is 4. The second-order valence-electron chi connectivity index (χ2n) is 12.5. The molecule has 0 radical (unpaired) electrons. The summed E-state index contributed by atoms with van der Waals surface area (Å²) in [5, 5.41) is 16.8. The number of fused-ring (bicyclic) bond motifs is 1. The van der Waals surface area contributed by atoms with Crippen LogP contribution in [0.1, 0.15) is 82.3 Å². The van der Waals surface area contributed by atoms with Crippen molar-refractivity contribution in [1.82, 2.24) is 24.8 Å². The van der Waals surface area contributed by atoms with E-state index in [1.807, 2.05) is 49.6 Å². The van der Waals surface area contributed by atoms with Gasteiger partial charge >= 0.3 is 6.09 Å². The van der Waals surface area contributed by atoms with Crippen molar-refractivity contribution in [3.8, 4) is 0 Å². The average Bonchev–Trinajstić information content (AvgIpc) is 3.63. The minimum absolute atomic E-state index is 0.000629. The fourth-order valence-electron chi connectivity index (χ4n) is 5.66. The van der Waals surface area contributed by atoms with Crippen molar-refractivity contribution in [1.29, 1.82) is 0 Å². The largest absolute Gasteiger partial charge is 0.444 e. The number of amides is 1. The third kappa shape index (κ3) is 8.02. The van der Waals surface area contributed by atoms with E-state index in [-0.39, 0.29) is 18.0 Å². The van der Waals surface area contributed by atoms with Crippen molar-refractivity contribution in [3.05, 3.63) is 96.1 Å². The molecule has 0 spiro atoms.